The highest BCUT2D eigenvalue weighted by Crippen LogP contribution is 2.23. The Hall–Kier alpha value is -1.58. The standard InChI is InChI=1S/C13H15N3/c1-14(2)13-15-9-5-3-7-11(15)12-8-4-6-10-16(12)13/h3-10,13H,1-2H3/p+1. The average molecular weight is 214 g/mol. The number of quaternary nitrogens is 1. The Kier molecular flexibility index (Phi) is 2.09. The summed E-state index contributed by atoms with van der Waals surface area (Å²) in [6.45, 7) is 0. The first-order valence-electron chi connectivity index (χ1n) is 5.55. The van der Waals surface area contributed by atoms with Gasteiger partial charge in [-0.05, 0) is 32.3 Å². The Morgan fingerprint density at radius 1 is 1.12 bits per heavy atom. The van der Waals surface area contributed by atoms with E-state index in [4.69, 9.17) is 0 Å². The van der Waals surface area contributed by atoms with Gasteiger partial charge in [0.1, 0.15) is 11.9 Å². The quantitative estimate of drug-likeness (QED) is 0.678. The minimum atomic E-state index is 0.326. The van der Waals surface area contributed by atoms with Crippen LogP contribution >= 0.6 is 0 Å². The molecule has 0 fully saturated rings. The number of allylic oxidation sites excluding steroid dienone is 6. The molecule has 0 aromatic rings. The molecule has 82 valence electrons. The smallest absolute Gasteiger partial charge is 0.236 e. The SMILES string of the molecule is CN(C)C1N2C=CC=CC2=C2C=CC=C[NH+]21. The molecule has 2 unspecified atom stereocenters. The molecule has 0 saturated carbocycles. The predicted molar refractivity (Wildman–Crippen MR) is 63.9 cm³/mol. The lowest BCUT2D eigenvalue weighted by molar-refractivity contribution is -0.848. The number of hydrogen-bond acceptors (Lipinski definition) is 2. The van der Waals surface area contributed by atoms with Gasteiger partial charge in [0.2, 0.25) is 6.29 Å². The Balaban J connectivity index is 2.10. The molecule has 2 atom stereocenters. The van der Waals surface area contributed by atoms with Crippen molar-refractivity contribution in [3.63, 3.8) is 0 Å². The number of nitrogens with one attached hydrogen (secondary N) is 1. The van der Waals surface area contributed by atoms with Crippen molar-refractivity contribution in [3.8, 4) is 0 Å². The van der Waals surface area contributed by atoms with Gasteiger partial charge in [-0.2, -0.15) is 0 Å². The molecule has 3 rings (SSSR count). The number of rotatable bonds is 1. The Bertz CT molecular complexity index is 414. The molecular formula is C13H16N3+. The molecule has 0 saturated heterocycles. The minimum absolute atomic E-state index is 0.326. The lowest BCUT2D eigenvalue weighted by atomic mass is 10.2. The molecule has 0 amide bonds. The van der Waals surface area contributed by atoms with Gasteiger partial charge in [0.05, 0.1) is 0 Å². The third kappa shape index (κ3) is 1.22. The van der Waals surface area contributed by atoms with Crippen LogP contribution in [-0.4, -0.2) is 30.2 Å². The molecule has 3 aliphatic heterocycles. The van der Waals surface area contributed by atoms with Crippen molar-refractivity contribution in [3.05, 3.63) is 60.3 Å². The van der Waals surface area contributed by atoms with Crippen molar-refractivity contribution in [2.45, 2.75) is 6.29 Å². The van der Waals surface area contributed by atoms with Crippen molar-refractivity contribution >= 4 is 0 Å². The Morgan fingerprint density at radius 3 is 2.75 bits per heavy atom. The highest BCUT2D eigenvalue weighted by atomic mass is 15.5. The second-order valence-electron chi connectivity index (χ2n) is 4.42. The summed E-state index contributed by atoms with van der Waals surface area (Å²) in [6.07, 6.45) is 17.5. The number of fused-ring (bicyclic) bond motifs is 2. The summed E-state index contributed by atoms with van der Waals surface area (Å²) >= 11 is 0. The van der Waals surface area contributed by atoms with E-state index in [-0.39, 0.29) is 0 Å². The van der Waals surface area contributed by atoms with Crippen LogP contribution in [0.15, 0.2) is 60.3 Å². The highest BCUT2D eigenvalue weighted by Gasteiger charge is 2.41. The van der Waals surface area contributed by atoms with Crippen LogP contribution in [0.1, 0.15) is 0 Å². The molecule has 3 aliphatic rings. The van der Waals surface area contributed by atoms with E-state index < -0.39 is 0 Å². The van der Waals surface area contributed by atoms with E-state index in [1.807, 2.05) is 0 Å². The molecule has 3 heterocycles. The van der Waals surface area contributed by atoms with Crippen LogP contribution < -0.4 is 4.90 Å². The van der Waals surface area contributed by atoms with Crippen molar-refractivity contribution in [1.29, 1.82) is 0 Å². The summed E-state index contributed by atoms with van der Waals surface area (Å²) < 4.78 is 0. The van der Waals surface area contributed by atoms with E-state index >= 15 is 0 Å². The fraction of sp³-hybridized carbons (Fsp3) is 0.231. The normalized spacial score (nSPS) is 30.3. The zero-order chi connectivity index (χ0) is 11.1. The Morgan fingerprint density at radius 2 is 1.94 bits per heavy atom. The summed E-state index contributed by atoms with van der Waals surface area (Å²) in [4.78, 5) is 5.96. The minimum Gasteiger partial charge on any atom is -0.279 e. The summed E-state index contributed by atoms with van der Waals surface area (Å²) in [5.74, 6) is 0. The molecule has 0 bridgehead atoms. The predicted octanol–water partition coefficient (Wildman–Crippen LogP) is 0.411. The summed E-state index contributed by atoms with van der Waals surface area (Å²) in [5, 5.41) is 0. The molecule has 0 aromatic carbocycles. The fourth-order valence-corrected chi connectivity index (χ4v) is 2.53. The van der Waals surface area contributed by atoms with Gasteiger partial charge in [-0.25, -0.2) is 9.80 Å². The van der Waals surface area contributed by atoms with E-state index in [2.05, 4.69) is 72.8 Å². The molecule has 3 nitrogen and oxygen atoms in total. The first-order valence-corrected chi connectivity index (χ1v) is 5.55. The number of nitrogens with zero attached hydrogens (tertiary/aromatic N) is 2. The van der Waals surface area contributed by atoms with Crippen molar-refractivity contribution < 1.29 is 4.90 Å². The van der Waals surface area contributed by atoms with Gasteiger partial charge in [-0.15, -0.1) is 0 Å². The van der Waals surface area contributed by atoms with Crippen molar-refractivity contribution in [2.75, 3.05) is 14.1 Å². The van der Waals surface area contributed by atoms with E-state index in [0.29, 0.717) is 6.29 Å². The van der Waals surface area contributed by atoms with E-state index in [1.54, 1.807) is 0 Å². The molecule has 0 spiro atoms. The topological polar surface area (TPSA) is 10.9 Å². The zero-order valence-corrected chi connectivity index (χ0v) is 9.59. The zero-order valence-electron chi connectivity index (χ0n) is 9.59. The van der Waals surface area contributed by atoms with Gasteiger partial charge in [0.15, 0.2) is 5.70 Å². The molecule has 0 aliphatic carbocycles. The van der Waals surface area contributed by atoms with Gasteiger partial charge < -0.3 is 0 Å². The molecule has 3 heteroatoms. The largest absolute Gasteiger partial charge is 0.279 e. The molecule has 0 radical (unpaired) electrons. The second kappa shape index (κ2) is 3.47. The maximum absolute atomic E-state index is 2.32. The van der Waals surface area contributed by atoms with Crippen LogP contribution in [0.25, 0.3) is 0 Å². The van der Waals surface area contributed by atoms with Gasteiger partial charge in [-0.3, -0.25) is 4.90 Å². The fourth-order valence-electron chi connectivity index (χ4n) is 2.53. The summed E-state index contributed by atoms with van der Waals surface area (Å²) in [7, 11) is 4.24. The van der Waals surface area contributed by atoms with Crippen molar-refractivity contribution in [2.24, 2.45) is 0 Å². The Labute approximate surface area is 95.9 Å². The molecule has 0 aromatic heterocycles. The maximum atomic E-state index is 2.32. The van der Waals surface area contributed by atoms with Crippen molar-refractivity contribution in [1.82, 2.24) is 9.80 Å². The van der Waals surface area contributed by atoms with Crippen LogP contribution in [-0.2, 0) is 0 Å². The van der Waals surface area contributed by atoms with Gasteiger partial charge in [0.25, 0.3) is 0 Å². The number of hydrogen-bond donors (Lipinski definition) is 1. The highest BCUT2D eigenvalue weighted by molar-refractivity contribution is 5.38. The lowest BCUT2D eigenvalue weighted by Gasteiger charge is -2.31. The first kappa shape index (κ1) is 9.63. The van der Waals surface area contributed by atoms with Crippen LogP contribution in [0, 0.1) is 0 Å². The molecular weight excluding hydrogens is 198 g/mol. The van der Waals surface area contributed by atoms with E-state index in [0.717, 1.165) is 0 Å². The molecule has 1 N–H and O–H groups in total. The average Bonchev–Trinajstić information content (AvgIpc) is 2.63. The van der Waals surface area contributed by atoms with Crippen LogP contribution in [0.4, 0.5) is 0 Å². The maximum Gasteiger partial charge on any atom is 0.236 e. The summed E-state index contributed by atoms with van der Waals surface area (Å²) in [5.41, 5.74) is 2.65. The van der Waals surface area contributed by atoms with Crippen LogP contribution in [0.2, 0.25) is 0 Å². The molecule has 16 heavy (non-hydrogen) atoms. The lowest BCUT2D eigenvalue weighted by Crippen LogP contribution is -3.11. The van der Waals surface area contributed by atoms with Crippen LogP contribution in [0.3, 0.4) is 0 Å². The van der Waals surface area contributed by atoms with E-state index in [1.165, 1.54) is 16.3 Å². The van der Waals surface area contributed by atoms with Crippen LogP contribution in [0.5, 0.6) is 0 Å². The monoisotopic (exact) mass is 214 g/mol. The third-order valence-corrected chi connectivity index (χ3v) is 3.16. The second-order valence-corrected chi connectivity index (χ2v) is 4.42. The van der Waals surface area contributed by atoms with E-state index in [9.17, 15) is 0 Å². The van der Waals surface area contributed by atoms with Gasteiger partial charge in [0, 0.05) is 12.3 Å². The van der Waals surface area contributed by atoms with Gasteiger partial charge >= 0.3 is 0 Å². The first-order chi connectivity index (χ1) is 7.79. The third-order valence-electron chi connectivity index (χ3n) is 3.16. The van der Waals surface area contributed by atoms with Gasteiger partial charge in [-0.1, -0.05) is 12.2 Å². The summed E-state index contributed by atoms with van der Waals surface area (Å²) in [6, 6.07) is 0.